The Morgan fingerprint density at radius 1 is 1.19 bits per heavy atom. The van der Waals surface area contributed by atoms with Gasteiger partial charge in [0.25, 0.3) is 0 Å². The monoisotopic (exact) mass is 218 g/mol. The van der Waals surface area contributed by atoms with Crippen molar-refractivity contribution in [2.75, 3.05) is 10.2 Å². The summed E-state index contributed by atoms with van der Waals surface area (Å²) < 4.78 is 0. The Hall–Kier alpha value is -2.17. The van der Waals surface area contributed by atoms with Crippen molar-refractivity contribution in [3.05, 3.63) is 24.3 Å². The van der Waals surface area contributed by atoms with E-state index in [4.69, 9.17) is 0 Å². The number of nitrogens with zero attached hydrogens (tertiary/aromatic N) is 1. The summed E-state index contributed by atoms with van der Waals surface area (Å²) in [5, 5.41) is 2.47. The molecular formula is C11H10N2O3. The maximum Gasteiger partial charge on any atom is 0.234 e. The average molecular weight is 218 g/mol. The van der Waals surface area contributed by atoms with Gasteiger partial charge in [0.1, 0.15) is 0 Å². The van der Waals surface area contributed by atoms with Crippen molar-refractivity contribution in [3.8, 4) is 0 Å². The molecule has 5 heteroatoms. The number of amides is 3. The second-order valence-electron chi connectivity index (χ2n) is 3.44. The van der Waals surface area contributed by atoms with E-state index in [-0.39, 0.29) is 24.7 Å². The van der Waals surface area contributed by atoms with Crippen molar-refractivity contribution in [2.24, 2.45) is 0 Å². The summed E-state index contributed by atoms with van der Waals surface area (Å²) in [7, 11) is 0. The minimum absolute atomic E-state index is 0.201. The van der Waals surface area contributed by atoms with Crippen LogP contribution in [0.1, 0.15) is 12.8 Å². The fraction of sp³-hybridized carbons (Fsp3) is 0.182. The maximum atomic E-state index is 11.5. The third-order valence-electron chi connectivity index (χ3n) is 2.38. The van der Waals surface area contributed by atoms with Crippen molar-refractivity contribution in [2.45, 2.75) is 12.8 Å². The molecule has 0 aromatic heterocycles. The molecule has 0 saturated carbocycles. The Labute approximate surface area is 92.0 Å². The molecule has 1 aliphatic heterocycles. The minimum atomic E-state index is -0.201. The molecule has 1 aromatic carbocycles. The van der Waals surface area contributed by atoms with Crippen LogP contribution in [0, 0.1) is 0 Å². The quantitative estimate of drug-likeness (QED) is 0.605. The van der Waals surface area contributed by atoms with E-state index in [1.807, 2.05) is 0 Å². The second kappa shape index (κ2) is 4.14. The van der Waals surface area contributed by atoms with Crippen LogP contribution in [-0.4, -0.2) is 18.2 Å². The lowest BCUT2D eigenvalue weighted by Crippen LogP contribution is -2.28. The predicted molar refractivity (Wildman–Crippen MR) is 57.9 cm³/mol. The third kappa shape index (κ3) is 1.79. The van der Waals surface area contributed by atoms with Crippen LogP contribution in [0.5, 0.6) is 0 Å². The second-order valence-corrected chi connectivity index (χ2v) is 3.44. The summed E-state index contributed by atoms with van der Waals surface area (Å²) >= 11 is 0. The average Bonchev–Trinajstić information content (AvgIpc) is 2.59. The fourth-order valence-electron chi connectivity index (χ4n) is 1.67. The Morgan fingerprint density at radius 2 is 1.88 bits per heavy atom. The van der Waals surface area contributed by atoms with Crippen LogP contribution in [0.3, 0.4) is 0 Å². The summed E-state index contributed by atoms with van der Waals surface area (Å²) in [6, 6.07) is 6.62. The van der Waals surface area contributed by atoms with Crippen LogP contribution in [0.4, 0.5) is 11.4 Å². The van der Waals surface area contributed by atoms with E-state index in [2.05, 4.69) is 5.32 Å². The van der Waals surface area contributed by atoms with Gasteiger partial charge in [-0.3, -0.25) is 19.3 Å². The molecule has 0 unspecified atom stereocenters. The number of anilines is 2. The van der Waals surface area contributed by atoms with E-state index >= 15 is 0 Å². The number of imide groups is 1. The van der Waals surface area contributed by atoms with Gasteiger partial charge in [0.2, 0.25) is 18.2 Å². The lowest BCUT2D eigenvalue weighted by molar-refractivity contribution is -0.121. The molecule has 0 aliphatic carbocycles. The van der Waals surface area contributed by atoms with E-state index in [0.29, 0.717) is 17.8 Å². The summed E-state index contributed by atoms with van der Waals surface area (Å²) in [4.78, 5) is 34.4. The van der Waals surface area contributed by atoms with Gasteiger partial charge in [0.05, 0.1) is 5.69 Å². The van der Waals surface area contributed by atoms with Gasteiger partial charge in [0, 0.05) is 18.5 Å². The number of nitrogens with one attached hydrogen (secondary N) is 1. The Morgan fingerprint density at radius 3 is 2.50 bits per heavy atom. The molecule has 0 spiro atoms. The molecule has 0 bridgehead atoms. The van der Waals surface area contributed by atoms with Crippen LogP contribution in [-0.2, 0) is 14.4 Å². The minimum Gasteiger partial charge on any atom is -0.329 e. The number of hydrogen-bond donors (Lipinski definition) is 1. The third-order valence-corrected chi connectivity index (χ3v) is 2.38. The predicted octanol–water partition coefficient (Wildman–Crippen LogP) is 0.908. The van der Waals surface area contributed by atoms with Gasteiger partial charge in [-0.05, 0) is 18.2 Å². The van der Waals surface area contributed by atoms with Gasteiger partial charge < -0.3 is 5.32 Å². The first-order valence-electron chi connectivity index (χ1n) is 4.88. The molecule has 1 fully saturated rings. The van der Waals surface area contributed by atoms with Crippen LogP contribution in [0.15, 0.2) is 24.3 Å². The lowest BCUT2D eigenvalue weighted by Gasteiger charge is -2.14. The van der Waals surface area contributed by atoms with Crippen molar-refractivity contribution in [3.63, 3.8) is 0 Å². The van der Waals surface area contributed by atoms with Gasteiger partial charge in [-0.15, -0.1) is 0 Å². The highest BCUT2D eigenvalue weighted by atomic mass is 16.2. The standard InChI is InChI=1S/C11H10N2O3/c14-7-12-8-2-1-3-9(6-8)13-10(15)4-5-11(13)16/h1-3,6-7H,4-5H2,(H,12,14). The van der Waals surface area contributed by atoms with Crippen molar-refractivity contribution >= 4 is 29.6 Å². The van der Waals surface area contributed by atoms with Gasteiger partial charge in [-0.2, -0.15) is 0 Å². The Balaban J connectivity index is 2.32. The van der Waals surface area contributed by atoms with E-state index in [9.17, 15) is 14.4 Å². The topological polar surface area (TPSA) is 66.5 Å². The largest absolute Gasteiger partial charge is 0.329 e. The lowest BCUT2D eigenvalue weighted by atomic mass is 10.2. The molecule has 1 heterocycles. The van der Waals surface area contributed by atoms with Gasteiger partial charge in [-0.25, -0.2) is 0 Å². The molecule has 2 rings (SSSR count). The smallest absolute Gasteiger partial charge is 0.234 e. The van der Waals surface area contributed by atoms with E-state index < -0.39 is 0 Å². The molecule has 1 aliphatic rings. The van der Waals surface area contributed by atoms with Gasteiger partial charge in [-0.1, -0.05) is 6.07 Å². The summed E-state index contributed by atoms with van der Waals surface area (Å²) in [5.41, 5.74) is 1.05. The highest BCUT2D eigenvalue weighted by Crippen LogP contribution is 2.24. The first-order valence-corrected chi connectivity index (χ1v) is 4.88. The van der Waals surface area contributed by atoms with Crippen LogP contribution < -0.4 is 10.2 Å². The number of benzene rings is 1. The maximum absolute atomic E-state index is 11.5. The molecule has 0 atom stereocenters. The highest BCUT2D eigenvalue weighted by molar-refractivity contribution is 6.19. The van der Waals surface area contributed by atoms with Crippen molar-refractivity contribution in [1.29, 1.82) is 0 Å². The molecule has 1 N–H and O–H groups in total. The molecular weight excluding hydrogens is 208 g/mol. The molecule has 16 heavy (non-hydrogen) atoms. The first-order chi connectivity index (χ1) is 7.72. The van der Waals surface area contributed by atoms with Gasteiger partial charge in [0.15, 0.2) is 0 Å². The molecule has 1 saturated heterocycles. The highest BCUT2D eigenvalue weighted by Gasteiger charge is 2.30. The number of hydrogen-bond acceptors (Lipinski definition) is 3. The zero-order valence-electron chi connectivity index (χ0n) is 8.47. The molecule has 1 aromatic rings. The van der Waals surface area contributed by atoms with Gasteiger partial charge >= 0.3 is 0 Å². The fourth-order valence-corrected chi connectivity index (χ4v) is 1.67. The SMILES string of the molecule is O=CNc1cccc(N2C(=O)CCC2=O)c1. The molecule has 0 radical (unpaired) electrons. The van der Waals surface area contributed by atoms with Crippen molar-refractivity contribution < 1.29 is 14.4 Å². The Kier molecular flexibility index (Phi) is 2.68. The van der Waals surface area contributed by atoms with E-state index in [0.717, 1.165) is 4.90 Å². The normalized spacial score (nSPS) is 15.4. The first kappa shape index (κ1) is 10.4. The number of carbonyl (C=O) groups is 3. The van der Waals surface area contributed by atoms with Crippen molar-refractivity contribution in [1.82, 2.24) is 0 Å². The van der Waals surface area contributed by atoms with E-state index in [1.165, 1.54) is 0 Å². The van der Waals surface area contributed by atoms with Crippen LogP contribution in [0.25, 0.3) is 0 Å². The zero-order chi connectivity index (χ0) is 11.5. The van der Waals surface area contributed by atoms with Crippen LogP contribution >= 0.6 is 0 Å². The zero-order valence-corrected chi connectivity index (χ0v) is 8.47. The molecule has 3 amide bonds. The summed E-state index contributed by atoms with van der Waals surface area (Å²) in [5.74, 6) is -0.401. The number of carbonyl (C=O) groups excluding carboxylic acids is 3. The summed E-state index contributed by atoms with van der Waals surface area (Å²) in [6.45, 7) is 0. The summed E-state index contributed by atoms with van der Waals surface area (Å²) in [6.07, 6.45) is 1.06. The van der Waals surface area contributed by atoms with Crippen LogP contribution in [0.2, 0.25) is 0 Å². The number of rotatable bonds is 3. The molecule has 82 valence electrons. The Bertz CT molecular complexity index is 440. The molecule has 5 nitrogen and oxygen atoms in total. The van der Waals surface area contributed by atoms with E-state index in [1.54, 1.807) is 24.3 Å².